The Balaban J connectivity index is 0.00000456. The van der Waals surface area contributed by atoms with Crippen LogP contribution in [-0.4, -0.2) is 40.0 Å². The Kier molecular flexibility index (Phi) is 14.4. The fourth-order valence-electron chi connectivity index (χ4n) is 4.27. The van der Waals surface area contributed by atoms with Crippen LogP contribution in [0.25, 0.3) is 10.8 Å². The van der Waals surface area contributed by atoms with Gasteiger partial charge in [0.15, 0.2) is 0 Å². The third-order valence-electron chi connectivity index (χ3n) is 5.99. The molecule has 3 aromatic carbocycles. The average Bonchev–Trinajstić information content (AvgIpc) is 2.80. The third-order valence-corrected chi connectivity index (χ3v) is 5.99. The normalized spacial score (nSPS) is 10.7. The zero-order valence-electron chi connectivity index (χ0n) is 22.6. The number of nitrogens with one attached hydrogen (secondary N) is 3. The quantitative estimate of drug-likeness (QED) is 0.251. The first-order valence-corrected chi connectivity index (χ1v) is 11.9. The molecule has 0 aromatic heterocycles. The largest absolute Gasteiger partial charge is 1.00 e. The van der Waals surface area contributed by atoms with Crippen molar-refractivity contribution >= 4 is 40.1 Å². The van der Waals surface area contributed by atoms with Crippen LogP contribution < -0.4 is 34.8 Å². The molecule has 38 heavy (non-hydrogen) atoms. The van der Waals surface area contributed by atoms with Crippen LogP contribution in [0.3, 0.4) is 0 Å². The molecule has 0 spiro atoms. The van der Waals surface area contributed by atoms with Gasteiger partial charge < -0.3 is 32.0 Å². The molecule has 3 rings (SSSR count). The number of urea groups is 1. The van der Waals surface area contributed by atoms with Gasteiger partial charge in [0.1, 0.15) is 6.04 Å². The van der Waals surface area contributed by atoms with Crippen molar-refractivity contribution in [2.75, 3.05) is 10.6 Å². The molecular formula is C28H36LiN3O6. The maximum Gasteiger partial charge on any atom is 1.00 e. The summed E-state index contributed by atoms with van der Waals surface area (Å²) in [6.07, 6.45) is 2.89. The summed E-state index contributed by atoms with van der Waals surface area (Å²) < 4.78 is 0. The molecule has 0 aliphatic heterocycles. The monoisotopic (exact) mass is 517 g/mol. The number of rotatable bonds is 9. The van der Waals surface area contributed by atoms with Gasteiger partial charge in [-0.05, 0) is 61.2 Å². The Morgan fingerprint density at radius 1 is 0.895 bits per heavy atom. The Morgan fingerprint density at radius 2 is 1.47 bits per heavy atom. The fourth-order valence-corrected chi connectivity index (χ4v) is 4.27. The van der Waals surface area contributed by atoms with Crippen molar-refractivity contribution in [1.82, 2.24) is 5.32 Å². The molecule has 200 valence electrons. The first-order chi connectivity index (χ1) is 16.7. The topological polar surface area (TPSA) is 169 Å². The fraction of sp³-hybridized carbons (Fsp3) is 0.321. The molecule has 0 fully saturated rings. The minimum Gasteiger partial charge on any atom is -0.870 e. The van der Waals surface area contributed by atoms with Gasteiger partial charge >= 0.3 is 30.9 Å². The zero-order valence-corrected chi connectivity index (χ0v) is 22.6. The minimum atomic E-state index is -1.08. The van der Waals surface area contributed by atoms with Crippen LogP contribution in [0.15, 0.2) is 48.5 Å². The van der Waals surface area contributed by atoms with E-state index in [-0.39, 0.29) is 35.4 Å². The van der Waals surface area contributed by atoms with Gasteiger partial charge in [-0.1, -0.05) is 68.1 Å². The zero-order chi connectivity index (χ0) is 25.5. The van der Waals surface area contributed by atoms with E-state index in [4.69, 9.17) is 0 Å². The summed E-state index contributed by atoms with van der Waals surface area (Å²) >= 11 is 0. The van der Waals surface area contributed by atoms with Gasteiger partial charge in [0.25, 0.3) is 5.91 Å². The maximum atomic E-state index is 13.2. The summed E-state index contributed by atoms with van der Waals surface area (Å²) in [7, 11) is 0. The number of benzene rings is 3. The van der Waals surface area contributed by atoms with Crippen LogP contribution in [0, 0.1) is 20.8 Å². The van der Waals surface area contributed by atoms with Crippen molar-refractivity contribution in [2.45, 2.75) is 59.4 Å². The number of aryl methyl sites for hydroxylation is 3. The van der Waals surface area contributed by atoms with Gasteiger partial charge in [0, 0.05) is 5.69 Å². The molecule has 0 saturated heterocycles. The van der Waals surface area contributed by atoms with E-state index in [1.165, 1.54) is 0 Å². The van der Waals surface area contributed by atoms with Crippen LogP contribution in [0.1, 0.15) is 59.7 Å². The second kappa shape index (κ2) is 15.8. The number of fused-ring (bicyclic) bond motifs is 1. The van der Waals surface area contributed by atoms with Crippen molar-refractivity contribution in [2.24, 2.45) is 0 Å². The number of aliphatic carboxylic acids is 1. The molecule has 0 aliphatic rings. The van der Waals surface area contributed by atoms with E-state index in [1.807, 2.05) is 64.1 Å². The van der Waals surface area contributed by atoms with E-state index in [2.05, 4.69) is 16.0 Å². The average molecular weight is 518 g/mol. The van der Waals surface area contributed by atoms with Crippen LogP contribution in [0.5, 0.6) is 0 Å². The molecule has 7 N–H and O–H groups in total. The molecule has 9 nitrogen and oxygen atoms in total. The molecule has 0 aliphatic carbocycles. The summed E-state index contributed by atoms with van der Waals surface area (Å²) in [5.41, 5.74) is 4.20. The summed E-state index contributed by atoms with van der Waals surface area (Å²) in [5, 5.41) is 19.6. The second-order valence-electron chi connectivity index (χ2n) is 8.96. The Morgan fingerprint density at radius 3 is 2.03 bits per heavy atom. The van der Waals surface area contributed by atoms with Crippen molar-refractivity contribution in [3.8, 4) is 0 Å². The maximum absolute atomic E-state index is 13.2. The molecule has 1 unspecified atom stereocenters. The van der Waals surface area contributed by atoms with Gasteiger partial charge in [0.2, 0.25) is 0 Å². The van der Waals surface area contributed by atoms with E-state index in [0.717, 1.165) is 40.3 Å². The number of hydrogen-bond acceptors (Lipinski definition) is 4. The number of carbonyl (C=O) groups excluding carboxylic acids is 2. The number of amides is 3. The summed E-state index contributed by atoms with van der Waals surface area (Å²) in [6.45, 7) is 7.88. The summed E-state index contributed by atoms with van der Waals surface area (Å²) in [4.78, 5) is 37.9. The predicted octanol–water partition coefficient (Wildman–Crippen LogP) is 2.17. The van der Waals surface area contributed by atoms with Crippen LogP contribution in [0.2, 0.25) is 0 Å². The number of carboxylic acid groups (broad SMARTS) is 1. The van der Waals surface area contributed by atoms with E-state index >= 15 is 0 Å². The van der Waals surface area contributed by atoms with Gasteiger partial charge in [-0.25, -0.2) is 9.59 Å². The SMILES string of the molecule is CCCCCC(NC(=O)c1cc2ccccc2cc1NC(=O)Nc1c(C)cc(C)cc1C)C(=O)O.O.[Li+].[OH-]. The van der Waals surface area contributed by atoms with Crippen molar-refractivity contribution in [1.29, 1.82) is 0 Å². The predicted molar refractivity (Wildman–Crippen MR) is 146 cm³/mol. The Labute approximate surface area is 235 Å². The standard InChI is InChI=1S/C28H33N3O4.Li.2H2O/c1-5-6-7-12-23(27(33)34)29-26(32)22-15-20-10-8-9-11-21(20)16-24(22)30-28(35)31-25-18(3)13-17(2)14-19(25)4;;;/h8-11,13-16,23H,5-7,12H2,1-4H3,(H,29,32)(H,33,34)(H2,30,31,35);;2*1H2/q;+1;;/p-1. The molecule has 0 bridgehead atoms. The van der Waals surface area contributed by atoms with Gasteiger partial charge in [-0.15, -0.1) is 0 Å². The number of anilines is 2. The minimum absolute atomic E-state index is 0. The van der Waals surface area contributed by atoms with Gasteiger partial charge in [-0.3, -0.25) is 4.79 Å². The van der Waals surface area contributed by atoms with E-state index in [0.29, 0.717) is 24.2 Å². The number of unbranched alkanes of at least 4 members (excludes halogenated alkanes) is 2. The number of hydrogen-bond donors (Lipinski definition) is 4. The molecule has 0 saturated carbocycles. The molecule has 3 amide bonds. The first-order valence-electron chi connectivity index (χ1n) is 11.9. The van der Waals surface area contributed by atoms with Gasteiger partial charge in [0.05, 0.1) is 11.3 Å². The molecule has 0 radical (unpaired) electrons. The van der Waals surface area contributed by atoms with Crippen molar-refractivity contribution in [3.05, 3.63) is 70.8 Å². The summed E-state index contributed by atoms with van der Waals surface area (Å²) in [6, 6.07) is 13.4. The first kappa shape index (κ1) is 34.6. The molecule has 3 aromatic rings. The number of carboxylic acids is 1. The third kappa shape index (κ3) is 8.89. The molecular weight excluding hydrogens is 481 g/mol. The molecule has 0 heterocycles. The van der Waals surface area contributed by atoms with Crippen LogP contribution >= 0.6 is 0 Å². The van der Waals surface area contributed by atoms with Crippen molar-refractivity contribution < 1.29 is 49.3 Å². The van der Waals surface area contributed by atoms with Crippen molar-refractivity contribution in [3.63, 3.8) is 0 Å². The second-order valence-corrected chi connectivity index (χ2v) is 8.96. The van der Waals surface area contributed by atoms with E-state index < -0.39 is 23.9 Å². The van der Waals surface area contributed by atoms with Crippen LogP contribution in [-0.2, 0) is 4.79 Å². The smallest absolute Gasteiger partial charge is 0.870 e. The molecule has 10 heteroatoms. The molecule has 1 atom stereocenters. The van der Waals surface area contributed by atoms with E-state index in [1.54, 1.807) is 12.1 Å². The Bertz CT molecular complexity index is 1240. The number of carbonyl (C=O) groups is 3. The summed E-state index contributed by atoms with van der Waals surface area (Å²) in [5.74, 6) is -1.62. The Hall–Kier alpha value is -3.35. The van der Waals surface area contributed by atoms with Crippen LogP contribution in [0.4, 0.5) is 16.2 Å². The van der Waals surface area contributed by atoms with Gasteiger partial charge in [-0.2, -0.15) is 0 Å². The van der Waals surface area contributed by atoms with E-state index in [9.17, 15) is 19.5 Å².